The van der Waals surface area contributed by atoms with Crippen LogP contribution in [0.25, 0.3) is 0 Å². The first-order chi connectivity index (χ1) is 11.8. The zero-order valence-corrected chi connectivity index (χ0v) is 15.3. The van der Waals surface area contributed by atoms with Gasteiger partial charge >= 0.3 is 0 Å². The van der Waals surface area contributed by atoms with E-state index in [0.29, 0.717) is 0 Å². The topological polar surface area (TPSA) is 58.6 Å². The van der Waals surface area contributed by atoms with Gasteiger partial charge in [0.25, 0.3) is 0 Å². The normalized spacial score (nSPS) is 23.5. The minimum absolute atomic E-state index is 0.0215. The lowest BCUT2D eigenvalue weighted by atomic mass is 9.77. The van der Waals surface area contributed by atoms with E-state index >= 15 is 0 Å². The molecule has 0 aromatic heterocycles. The number of carbonyl (C=O) groups is 2. The Bertz CT molecular complexity index is 688. The van der Waals surface area contributed by atoms with E-state index in [1.165, 1.54) is 0 Å². The predicted molar refractivity (Wildman–Crippen MR) is 96.1 cm³/mol. The molecule has 1 saturated heterocycles. The lowest BCUT2D eigenvalue weighted by Gasteiger charge is -2.51. The number of fused-ring (bicyclic) bond motifs is 1. The van der Waals surface area contributed by atoms with Crippen molar-refractivity contribution < 1.29 is 14.3 Å². The molecule has 1 aliphatic heterocycles. The Kier molecular flexibility index (Phi) is 4.58. The number of rotatable bonds is 4. The average Bonchev–Trinajstić information content (AvgIpc) is 2.57. The van der Waals surface area contributed by atoms with E-state index in [2.05, 4.69) is 17.5 Å². The molecular formula is C20H26N2O3. The van der Waals surface area contributed by atoms with Crippen molar-refractivity contribution in [1.29, 1.82) is 0 Å². The van der Waals surface area contributed by atoms with E-state index in [1.807, 2.05) is 45.0 Å². The van der Waals surface area contributed by atoms with Crippen LogP contribution in [0.1, 0.15) is 45.2 Å². The van der Waals surface area contributed by atoms with Gasteiger partial charge < -0.3 is 15.0 Å². The predicted octanol–water partition coefficient (Wildman–Crippen LogP) is 2.83. The molecule has 1 heterocycles. The van der Waals surface area contributed by atoms with Crippen LogP contribution < -0.4 is 10.1 Å². The fourth-order valence-corrected chi connectivity index (χ4v) is 3.63. The number of likely N-dealkylation sites (tertiary alicyclic amines) is 1. The molecule has 1 N–H and O–H groups in total. The second-order valence-corrected chi connectivity index (χ2v) is 7.78. The van der Waals surface area contributed by atoms with E-state index < -0.39 is 6.04 Å². The Hall–Kier alpha value is -2.30. The summed E-state index contributed by atoms with van der Waals surface area (Å²) >= 11 is 0. The quantitative estimate of drug-likeness (QED) is 0.676. The molecular weight excluding hydrogens is 316 g/mol. The van der Waals surface area contributed by atoms with Gasteiger partial charge in [0.2, 0.25) is 11.8 Å². The standard InChI is InChI=1S/C20H26N2O3/c1-20(2,3)21-18(23)17(13-9-11-14(25-4)12-10-13)22-16-8-6-5-7-15(16)19(22)24/h5-6,9-12,15-17H,7-8H2,1-4H3,(H,21,23)/t15-,16+,17?/m1/s1. The third-order valence-corrected chi connectivity index (χ3v) is 4.78. The summed E-state index contributed by atoms with van der Waals surface area (Å²) in [5.74, 6) is 0.679. The van der Waals surface area contributed by atoms with Crippen LogP contribution in [-0.2, 0) is 9.59 Å². The van der Waals surface area contributed by atoms with Crippen LogP contribution in [0.3, 0.4) is 0 Å². The third kappa shape index (κ3) is 3.41. The molecule has 1 unspecified atom stereocenters. The zero-order valence-electron chi connectivity index (χ0n) is 15.3. The summed E-state index contributed by atoms with van der Waals surface area (Å²) in [5, 5.41) is 3.03. The molecule has 5 heteroatoms. The Labute approximate surface area is 149 Å². The number of β-lactam (4-membered cyclic amide) rings is 1. The van der Waals surface area contributed by atoms with Gasteiger partial charge in [-0.2, -0.15) is 0 Å². The molecule has 2 aliphatic rings. The smallest absolute Gasteiger partial charge is 0.247 e. The van der Waals surface area contributed by atoms with Crippen molar-refractivity contribution in [2.45, 2.75) is 51.2 Å². The number of nitrogens with zero attached hydrogens (tertiary/aromatic N) is 1. The van der Waals surface area contributed by atoms with Crippen molar-refractivity contribution in [2.24, 2.45) is 5.92 Å². The molecule has 2 amide bonds. The van der Waals surface area contributed by atoms with Crippen molar-refractivity contribution in [3.05, 3.63) is 42.0 Å². The second kappa shape index (κ2) is 6.54. The van der Waals surface area contributed by atoms with Gasteiger partial charge in [0.05, 0.1) is 13.0 Å². The van der Waals surface area contributed by atoms with Crippen molar-refractivity contribution >= 4 is 11.8 Å². The van der Waals surface area contributed by atoms with Crippen molar-refractivity contribution in [1.82, 2.24) is 10.2 Å². The number of nitrogens with one attached hydrogen (secondary N) is 1. The van der Waals surface area contributed by atoms with E-state index in [4.69, 9.17) is 4.74 Å². The van der Waals surface area contributed by atoms with Gasteiger partial charge in [-0.15, -0.1) is 0 Å². The number of allylic oxidation sites excluding steroid dienone is 1. The molecule has 0 bridgehead atoms. The first kappa shape index (κ1) is 17.5. The molecule has 5 nitrogen and oxygen atoms in total. The van der Waals surface area contributed by atoms with Crippen LogP contribution in [0.4, 0.5) is 0 Å². The number of hydrogen-bond donors (Lipinski definition) is 1. The first-order valence-electron chi connectivity index (χ1n) is 8.75. The molecule has 1 aromatic rings. The molecule has 3 atom stereocenters. The molecule has 134 valence electrons. The summed E-state index contributed by atoms with van der Waals surface area (Å²) < 4.78 is 5.21. The van der Waals surface area contributed by atoms with Crippen molar-refractivity contribution in [3.63, 3.8) is 0 Å². The highest BCUT2D eigenvalue weighted by Crippen LogP contribution is 2.42. The minimum Gasteiger partial charge on any atom is -0.497 e. The van der Waals surface area contributed by atoms with Gasteiger partial charge in [-0.05, 0) is 51.3 Å². The van der Waals surface area contributed by atoms with Gasteiger partial charge in [-0.25, -0.2) is 0 Å². The van der Waals surface area contributed by atoms with Gasteiger partial charge in [0, 0.05) is 11.6 Å². The van der Waals surface area contributed by atoms with E-state index in [-0.39, 0.29) is 29.3 Å². The van der Waals surface area contributed by atoms with Crippen LogP contribution in [-0.4, -0.2) is 35.4 Å². The van der Waals surface area contributed by atoms with Gasteiger partial charge in [0.15, 0.2) is 0 Å². The van der Waals surface area contributed by atoms with Crippen LogP contribution >= 0.6 is 0 Å². The summed E-state index contributed by atoms with van der Waals surface area (Å²) in [7, 11) is 1.61. The summed E-state index contributed by atoms with van der Waals surface area (Å²) in [6, 6.07) is 6.89. The molecule has 25 heavy (non-hydrogen) atoms. The molecule has 3 rings (SSSR count). The Balaban J connectivity index is 1.92. The third-order valence-electron chi connectivity index (χ3n) is 4.78. The fourth-order valence-electron chi connectivity index (χ4n) is 3.63. The van der Waals surface area contributed by atoms with E-state index in [9.17, 15) is 9.59 Å². The maximum absolute atomic E-state index is 13.0. The van der Waals surface area contributed by atoms with E-state index in [1.54, 1.807) is 12.0 Å². The number of benzene rings is 1. The summed E-state index contributed by atoms with van der Waals surface area (Å²) in [4.78, 5) is 27.5. The van der Waals surface area contributed by atoms with Crippen LogP contribution in [0.2, 0.25) is 0 Å². The number of ether oxygens (including phenoxy) is 1. The number of hydrogen-bond acceptors (Lipinski definition) is 3. The Morgan fingerprint density at radius 1 is 1.20 bits per heavy atom. The largest absolute Gasteiger partial charge is 0.497 e. The van der Waals surface area contributed by atoms with Crippen molar-refractivity contribution in [3.8, 4) is 5.75 Å². The van der Waals surface area contributed by atoms with Gasteiger partial charge in [-0.1, -0.05) is 24.3 Å². The number of carbonyl (C=O) groups excluding carboxylic acids is 2. The van der Waals surface area contributed by atoms with Crippen LogP contribution in [0, 0.1) is 5.92 Å². The lowest BCUT2D eigenvalue weighted by molar-refractivity contribution is -0.165. The molecule has 1 fully saturated rings. The van der Waals surface area contributed by atoms with Crippen LogP contribution in [0.15, 0.2) is 36.4 Å². The van der Waals surface area contributed by atoms with E-state index in [0.717, 1.165) is 24.2 Å². The lowest BCUT2D eigenvalue weighted by Crippen LogP contribution is -2.64. The molecule has 1 aliphatic carbocycles. The maximum atomic E-state index is 13.0. The van der Waals surface area contributed by atoms with Gasteiger partial charge in [-0.3, -0.25) is 9.59 Å². The number of amides is 2. The van der Waals surface area contributed by atoms with Gasteiger partial charge in [0.1, 0.15) is 11.8 Å². The van der Waals surface area contributed by atoms with Crippen molar-refractivity contribution in [2.75, 3.05) is 7.11 Å². The molecule has 0 radical (unpaired) electrons. The molecule has 1 aromatic carbocycles. The molecule has 0 saturated carbocycles. The monoisotopic (exact) mass is 342 g/mol. The SMILES string of the molecule is COc1ccc(C(C(=O)NC(C)(C)C)N2C(=O)[C@@H]3CC=CC[C@@H]32)cc1. The minimum atomic E-state index is -0.606. The summed E-state index contributed by atoms with van der Waals surface area (Å²) in [5.41, 5.74) is 0.450. The first-order valence-corrected chi connectivity index (χ1v) is 8.75. The highest BCUT2D eigenvalue weighted by molar-refractivity contribution is 5.94. The maximum Gasteiger partial charge on any atom is 0.247 e. The molecule has 0 spiro atoms. The fraction of sp³-hybridized carbons (Fsp3) is 0.500. The Morgan fingerprint density at radius 3 is 2.44 bits per heavy atom. The summed E-state index contributed by atoms with van der Waals surface area (Å²) in [6.07, 6.45) is 5.75. The highest BCUT2D eigenvalue weighted by Gasteiger charge is 2.52. The number of methoxy groups -OCH3 is 1. The van der Waals surface area contributed by atoms with Crippen LogP contribution in [0.5, 0.6) is 5.75 Å². The highest BCUT2D eigenvalue weighted by atomic mass is 16.5. The Morgan fingerprint density at radius 2 is 1.84 bits per heavy atom. The zero-order chi connectivity index (χ0) is 18.2. The average molecular weight is 342 g/mol. The summed E-state index contributed by atoms with van der Waals surface area (Å²) in [6.45, 7) is 5.83. The second-order valence-electron chi connectivity index (χ2n) is 7.78.